The highest BCUT2D eigenvalue weighted by Gasteiger charge is 2.17. The van der Waals surface area contributed by atoms with E-state index in [1.807, 2.05) is 66.7 Å². The summed E-state index contributed by atoms with van der Waals surface area (Å²) in [5, 5.41) is 2.87. The Morgan fingerprint density at radius 3 is 1.88 bits per heavy atom. The Morgan fingerprint density at radius 1 is 0.781 bits per heavy atom. The normalized spacial score (nSPS) is 12.0. The molecule has 0 aliphatic rings. The van der Waals surface area contributed by atoms with E-state index in [9.17, 15) is 4.79 Å². The molecule has 0 aliphatic heterocycles. The molecule has 0 aliphatic carbocycles. The molecular weight excluding hydrogens is 402 g/mol. The molecule has 1 amide bonds. The molecule has 0 spiro atoms. The second kappa shape index (κ2) is 10.7. The lowest BCUT2D eigenvalue weighted by atomic mass is 9.87. The molecule has 0 aromatic heterocycles. The Bertz CT molecular complexity index is 977. The minimum Gasteiger partial charge on any atom is -0.490 e. The highest BCUT2D eigenvalue weighted by atomic mass is 16.5. The number of ether oxygens (including phenoxy) is 3. The third-order valence-corrected chi connectivity index (χ3v) is 4.89. The van der Waals surface area contributed by atoms with E-state index < -0.39 is 6.10 Å². The van der Waals surface area contributed by atoms with Crippen LogP contribution in [0.1, 0.15) is 33.3 Å². The zero-order chi connectivity index (χ0) is 23.0. The van der Waals surface area contributed by atoms with Crippen molar-refractivity contribution < 1.29 is 19.0 Å². The molecule has 0 bridgehead atoms. The molecule has 3 aromatic carbocycles. The molecule has 0 heterocycles. The first-order valence-electron chi connectivity index (χ1n) is 10.8. The first-order chi connectivity index (χ1) is 15.3. The smallest absolute Gasteiger partial charge is 0.265 e. The Kier molecular flexibility index (Phi) is 7.77. The Hall–Kier alpha value is -3.47. The maximum atomic E-state index is 12.5. The minimum atomic E-state index is -0.624. The van der Waals surface area contributed by atoms with Gasteiger partial charge in [-0.1, -0.05) is 51.1 Å². The summed E-state index contributed by atoms with van der Waals surface area (Å²) in [5.74, 6) is 1.98. The first kappa shape index (κ1) is 23.2. The van der Waals surface area contributed by atoms with Gasteiger partial charge in [-0.05, 0) is 66.4 Å². The molecule has 3 aromatic rings. The van der Waals surface area contributed by atoms with E-state index >= 15 is 0 Å². The zero-order valence-electron chi connectivity index (χ0n) is 19.1. The first-order valence-corrected chi connectivity index (χ1v) is 10.8. The molecule has 0 radical (unpaired) electrons. The van der Waals surface area contributed by atoms with Crippen LogP contribution in [-0.2, 0) is 10.2 Å². The number of amides is 1. The van der Waals surface area contributed by atoms with Crippen molar-refractivity contribution in [3.05, 3.63) is 84.4 Å². The molecule has 0 fully saturated rings. The highest BCUT2D eigenvalue weighted by molar-refractivity contribution is 5.94. The Morgan fingerprint density at radius 2 is 1.31 bits per heavy atom. The van der Waals surface area contributed by atoms with Crippen LogP contribution in [-0.4, -0.2) is 25.2 Å². The number of hydrogen-bond acceptors (Lipinski definition) is 4. The SMILES string of the molecule is CC(Oc1ccc(C(C)(C)C)cc1)C(=O)Nc1ccc(OCCOc2ccccc2)cc1. The molecule has 32 heavy (non-hydrogen) atoms. The average molecular weight is 434 g/mol. The maximum absolute atomic E-state index is 12.5. The van der Waals surface area contributed by atoms with Crippen LogP contribution < -0.4 is 19.5 Å². The molecule has 5 nitrogen and oxygen atoms in total. The number of rotatable bonds is 9. The third kappa shape index (κ3) is 7.05. The fourth-order valence-corrected chi connectivity index (χ4v) is 3.01. The number of nitrogens with one attached hydrogen (secondary N) is 1. The lowest BCUT2D eigenvalue weighted by Gasteiger charge is -2.20. The fourth-order valence-electron chi connectivity index (χ4n) is 3.01. The lowest BCUT2D eigenvalue weighted by Crippen LogP contribution is -2.30. The summed E-state index contributed by atoms with van der Waals surface area (Å²) in [4.78, 5) is 12.5. The summed E-state index contributed by atoms with van der Waals surface area (Å²) in [6, 6.07) is 24.7. The van der Waals surface area contributed by atoms with E-state index in [0.717, 1.165) is 5.75 Å². The molecular formula is C27H31NO4. The van der Waals surface area contributed by atoms with Gasteiger partial charge in [0.05, 0.1) is 0 Å². The van der Waals surface area contributed by atoms with E-state index in [1.54, 1.807) is 19.1 Å². The molecule has 0 saturated heterocycles. The van der Waals surface area contributed by atoms with Crippen molar-refractivity contribution in [1.82, 2.24) is 0 Å². The molecule has 168 valence electrons. The van der Waals surface area contributed by atoms with Gasteiger partial charge in [-0.2, -0.15) is 0 Å². The molecule has 5 heteroatoms. The summed E-state index contributed by atoms with van der Waals surface area (Å²) in [7, 11) is 0. The minimum absolute atomic E-state index is 0.0757. The van der Waals surface area contributed by atoms with Gasteiger partial charge in [0, 0.05) is 5.69 Å². The highest BCUT2D eigenvalue weighted by Crippen LogP contribution is 2.25. The Balaban J connectivity index is 1.43. The van der Waals surface area contributed by atoms with Crippen molar-refractivity contribution in [3.8, 4) is 17.2 Å². The van der Waals surface area contributed by atoms with Crippen molar-refractivity contribution in [2.45, 2.75) is 39.2 Å². The van der Waals surface area contributed by atoms with Crippen LogP contribution in [0.5, 0.6) is 17.2 Å². The lowest BCUT2D eigenvalue weighted by molar-refractivity contribution is -0.122. The van der Waals surface area contributed by atoms with Crippen molar-refractivity contribution in [1.29, 1.82) is 0 Å². The number of hydrogen-bond donors (Lipinski definition) is 1. The zero-order valence-corrected chi connectivity index (χ0v) is 19.1. The van der Waals surface area contributed by atoms with Gasteiger partial charge >= 0.3 is 0 Å². The van der Waals surface area contributed by atoms with Gasteiger partial charge in [-0.25, -0.2) is 0 Å². The predicted octanol–water partition coefficient (Wildman–Crippen LogP) is 5.85. The number of para-hydroxylation sites is 1. The van der Waals surface area contributed by atoms with Crippen molar-refractivity contribution in [2.75, 3.05) is 18.5 Å². The predicted molar refractivity (Wildman–Crippen MR) is 128 cm³/mol. The summed E-state index contributed by atoms with van der Waals surface area (Å²) < 4.78 is 17.1. The Labute approximate surface area is 190 Å². The van der Waals surface area contributed by atoms with Crippen LogP contribution in [0.15, 0.2) is 78.9 Å². The van der Waals surface area contributed by atoms with Crippen LogP contribution in [0.25, 0.3) is 0 Å². The molecule has 3 rings (SSSR count). The topological polar surface area (TPSA) is 56.8 Å². The van der Waals surface area contributed by atoms with E-state index in [0.29, 0.717) is 30.4 Å². The quantitative estimate of drug-likeness (QED) is 0.430. The summed E-state index contributed by atoms with van der Waals surface area (Å²) in [6.45, 7) is 9.10. The van der Waals surface area contributed by atoms with Crippen molar-refractivity contribution >= 4 is 11.6 Å². The van der Waals surface area contributed by atoms with Crippen LogP contribution in [0, 0.1) is 0 Å². The van der Waals surface area contributed by atoms with Gasteiger partial charge < -0.3 is 19.5 Å². The van der Waals surface area contributed by atoms with Crippen LogP contribution in [0.2, 0.25) is 0 Å². The van der Waals surface area contributed by atoms with Crippen molar-refractivity contribution in [3.63, 3.8) is 0 Å². The molecule has 1 N–H and O–H groups in total. The molecule has 1 atom stereocenters. The maximum Gasteiger partial charge on any atom is 0.265 e. The van der Waals surface area contributed by atoms with Gasteiger partial charge in [-0.15, -0.1) is 0 Å². The fraction of sp³-hybridized carbons (Fsp3) is 0.296. The third-order valence-electron chi connectivity index (χ3n) is 4.89. The van der Waals surface area contributed by atoms with Crippen LogP contribution in [0.4, 0.5) is 5.69 Å². The van der Waals surface area contributed by atoms with Gasteiger partial charge in [0.15, 0.2) is 6.10 Å². The largest absolute Gasteiger partial charge is 0.490 e. The van der Waals surface area contributed by atoms with Crippen molar-refractivity contribution in [2.24, 2.45) is 0 Å². The number of benzene rings is 3. The number of anilines is 1. The second-order valence-corrected chi connectivity index (χ2v) is 8.56. The number of carbonyl (C=O) groups excluding carboxylic acids is 1. The van der Waals surface area contributed by atoms with Crippen LogP contribution >= 0.6 is 0 Å². The van der Waals surface area contributed by atoms with E-state index in [2.05, 4.69) is 26.1 Å². The monoisotopic (exact) mass is 433 g/mol. The summed E-state index contributed by atoms with van der Waals surface area (Å²) >= 11 is 0. The standard InChI is InChI=1S/C27H31NO4/c1-20(32-25-14-10-21(11-15-25)27(2,3)4)26(29)28-22-12-16-24(17-13-22)31-19-18-30-23-8-6-5-7-9-23/h5-17,20H,18-19H2,1-4H3,(H,28,29). The van der Waals surface area contributed by atoms with Gasteiger partial charge in [-0.3, -0.25) is 4.79 Å². The van der Waals surface area contributed by atoms with E-state index in [4.69, 9.17) is 14.2 Å². The summed E-state index contributed by atoms with van der Waals surface area (Å²) in [5.41, 5.74) is 1.98. The summed E-state index contributed by atoms with van der Waals surface area (Å²) in [6.07, 6.45) is -0.624. The van der Waals surface area contributed by atoms with Crippen LogP contribution in [0.3, 0.4) is 0 Å². The van der Waals surface area contributed by atoms with Gasteiger partial charge in [0.25, 0.3) is 5.91 Å². The van der Waals surface area contributed by atoms with Gasteiger partial charge in [0.1, 0.15) is 30.5 Å². The second-order valence-electron chi connectivity index (χ2n) is 8.56. The van der Waals surface area contributed by atoms with E-state index in [-0.39, 0.29) is 11.3 Å². The van der Waals surface area contributed by atoms with E-state index in [1.165, 1.54) is 5.56 Å². The van der Waals surface area contributed by atoms with Gasteiger partial charge in [0.2, 0.25) is 0 Å². The molecule has 0 saturated carbocycles. The number of carbonyl (C=O) groups is 1. The molecule has 1 unspecified atom stereocenters. The average Bonchev–Trinajstić information content (AvgIpc) is 2.78.